The third-order valence-electron chi connectivity index (χ3n) is 1.52. The van der Waals surface area contributed by atoms with Crippen LogP contribution in [-0.2, 0) is 10.0 Å². The number of rotatable bonds is 3. The van der Waals surface area contributed by atoms with Gasteiger partial charge in [-0.1, -0.05) is 6.07 Å². The molecule has 6 heteroatoms. The highest BCUT2D eigenvalue weighted by Crippen LogP contribution is 2.10. The van der Waals surface area contributed by atoms with Gasteiger partial charge in [-0.25, -0.2) is 13.4 Å². The average molecular weight is 211 g/mol. The van der Waals surface area contributed by atoms with E-state index in [2.05, 4.69) is 9.71 Å². The molecule has 14 heavy (non-hydrogen) atoms. The van der Waals surface area contributed by atoms with Crippen LogP contribution in [0.3, 0.4) is 0 Å². The molecule has 0 spiro atoms. The van der Waals surface area contributed by atoms with Gasteiger partial charge in [-0.3, -0.25) is 4.72 Å². The summed E-state index contributed by atoms with van der Waals surface area (Å²) in [5.74, 6) is -0.300. The van der Waals surface area contributed by atoms with E-state index in [1.807, 2.05) is 0 Å². The Hall–Kier alpha value is -1.61. The zero-order valence-electron chi connectivity index (χ0n) is 7.56. The van der Waals surface area contributed by atoms with E-state index in [4.69, 9.17) is 5.26 Å². The van der Waals surface area contributed by atoms with Gasteiger partial charge in [-0.05, 0) is 18.6 Å². The minimum Gasteiger partial charge on any atom is -0.266 e. The van der Waals surface area contributed by atoms with Crippen LogP contribution in [0.5, 0.6) is 0 Å². The van der Waals surface area contributed by atoms with Gasteiger partial charge in [0.05, 0.1) is 6.07 Å². The number of pyridine rings is 1. The van der Waals surface area contributed by atoms with Gasteiger partial charge in [0, 0.05) is 6.20 Å². The maximum atomic E-state index is 11.2. The van der Waals surface area contributed by atoms with Crippen LogP contribution in [0.15, 0.2) is 18.3 Å². The molecule has 0 saturated carbocycles. The minimum atomic E-state index is -3.58. The van der Waals surface area contributed by atoms with Crippen LogP contribution >= 0.6 is 0 Å². The van der Waals surface area contributed by atoms with Crippen LogP contribution in [0, 0.1) is 18.3 Å². The number of nitriles is 1. The lowest BCUT2D eigenvalue weighted by Crippen LogP contribution is -2.17. The average Bonchev–Trinajstić information content (AvgIpc) is 2.08. The van der Waals surface area contributed by atoms with E-state index in [9.17, 15) is 8.42 Å². The molecule has 0 aromatic carbocycles. The molecule has 1 heterocycles. The predicted octanol–water partition coefficient (Wildman–Crippen LogP) is 0.655. The second-order valence-electron chi connectivity index (χ2n) is 2.69. The highest BCUT2D eigenvalue weighted by Gasteiger charge is 2.11. The second-order valence-corrected chi connectivity index (χ2v) is 4.41. The fraction of sp³-hybridized carbons (Fsp3) is 0.250. The van der Waals surface area contributed by atoms with Crippen molar-refractivity contribution in [3.8, 4) is 6.07 Å². The van der Waals surface area contributed by atoms with E-state index in [-0.39, 0.29) is 5.82 Å². The summed E-state index contributed by atoms with van der Waals surface area (Å²) in [7, 11) is -3.58. The molecule has 1 rings (SSSR count). The zero-order valence-corrected chi connectivity index (χ0v) is 8.37. The third-order valence-corrected chi connectivity index (χ3v) is 2.53. The Morgan fingerprint density at radius 1 is 1.64 bits per heavy atom. The molecular formula is C8H9N3O2S. The molecule has 5 nitrogen and oxygen atoms in total. The molecule has 0 aliphatic carbocycles. The van der Waals surface area contributed by atoms with E-state index in [0.29, 0.717) is 5.56 Å². The number of anilines is 1. The quantitative estimate of drug-likeness (QED) is 0.795. The first-order chi connectivity index (χ1) is 6.55. The maximum absolute atomic E-state index is 11.2. The lowest BCUT2D eigenvalue weighted by atomic mass is 10.3. The third kappa shape index (κ3) is 2.71. The Balaban J connectivity index is 2.91. The van der Waals surface area contributed by atoms with Gasteiger partial charge in [0.2, 0.25) is 10.0 Å². The van der Waals surface area contributed by atoms with Crippen molar-refractivity contribution in [1.29, 1.82) is 5.26 Å². The number of sulfonamides is 1. The number of hydrogen-bond donors (Lipinski definition) is 1. The fourth-order valence-electron chi connectivity index (χ4n) is 0.861. The van der Waals surface area contributed by atoms with Crippen molar-refractivity contribution in [1.82, 2.24) is 4.98 Å². The number of nitrogens with one attached hydrogen (secondary N) is 1. The SMILES string of the molecule is Cc1cccnc1NS(=O)(=O)CC#N. The van der Waals surface area contributed by atoms with Crippen molar-refractivity contribution in [3.05, 3.63) is 23.9 Å². The van der Waals surface area contributed by atoms with Crippen molar-refractivity contribution < 1.29 is 8.42 Å². The molecule has 0 fully saturated rings. The fourth-order valence-corrected chi connectivity index (χ4v) is 1.61. The number of aromatic nitrogens is 1. The Morgan fingerprint density at radius 3 is 2.93 bits per heavy atom. The summed E-state index contributed by atoms with van der Waals surface area (Å²) in [6.07, 6.45) is 1.48. The first-order valence-electron chi connectivity index (χ1n) is 3.84. The number of aryl methyl sites for hydroxylation is 1. The maximum Gasteiger partial charge on any atom is 0.247 e. The minimum absolute atomic E-state index is 0.266. The zero-order chi connectivity index (χ0) is 10.6. The van der Waals surface area contributed by atoms with Crippen LogP contribution in [0.2, 0.25) is 0 Å². The largest absolute Gasteiger partial charge is 0.266 e. The Kier molecular flexibility index (Phi) is 3.04. The molecule has 0 radical (unpaired) electrons. The van der Waals surface area contributed by atoms with Crippen molar-refractivity contribution in [2.24, 2.45) is 0 Å². The van der Waals surface area contributed by atoms with Crippen LogP contribution < -0.4 is 4.72 Å². The van der Waals surface area contributed by atoms with E-state index >= 15 is 0 Å². The van der Waals surface area contributed by atoms with Gasteiger partial charge in [0.25, 0.3) is 0 Å². The Labute approximate surface area is 82.4 Å². The number of hydrogen-bond acceptors (Lipinski definition) is 4. The predicted molar refractivity (Wildman–Crippen MR) is 52.0 cm³/mol. The monoisotopic (exact) mass is 211 g/mol. The van der Waals surface area contributed by atoms with Crippen molar-refractivity contribution in [2.75, 3.05) is 10.5 Å². The van der Waals surface area contributed by atoms with Crippen molar-refractivity contribution in [2.45, 2.75) is 6.92 Å². The summed E-state index contributed by atoms with van der Waals surface area (Å²) >= 11 is 0. The van der Waals surface area contributed by atoms with Crippen molar-refractivity contribution in [3.63, 3.8) is 0 Å². The molecule has 0 saturated heterocycles. The molecule has 0 atom stereocenters. The summed E-state index contributed by atoms with van der Waals surface area (Å²) in [6.45, 7) is 1.73. The highest BCUT2D eigenvalue weighted by molar-refractivity contribution is 7.92. The van der Waals surface area contributed by atoms with Crippen LogP contribution in [0.25, 0.3) is 0 Å². The molecule has 0 amide bonds. The smallest absolute Gasteiger partial charge is 0.247 e. The van der Waals surface area contributed by atoms with E-state index in [1.165, 1.54) is 6.20 Å². The van der Waals surface area contributed by atoms with E-state index in [1.54, 1.807) is 25.1 Å². The second kappa shape index (κ2) is 4.07. The van der Waals surface area contributed by atoms with E-state index in [0.717, 1.165) is 0 Å². The Morgan fingerprint density at radius 2 is 2.36 bits per heavy atom. The molecule has 74 valence electrons. The van der Waals surface area contributed by atoms with Gasteiger partial charge in [-0.2, -0.15) is 5.26 Å². The van der Waals surface area contributed by atoms with Gasteiger partial charge in [0.1, 0.15) is 5.82 Å². The lowest BCUT2D eigenvalue weighted by molar-refractivity contribution is 0.604. The first-order valence-corrected chi connectivity index (χ1v) is 5.49. The summed E-state index contributed by atoms with van der Waals surface area (Å²) in [4.78, 5) is 3.85. The van der Waals surface area contributed by atoms with Gasteiger partial charge in [0.15, 0.2) is 5.75 Å². The molecular weight excluding hydrogens is 202 g/mol. The van der Waals surface area contributed by atoms with Crippen LogP contribution in [0.1, 0.15) is 5.56 Å². The highest BCUT2D eigenvalue weighted by atomic mass is 32.2. The van der Waals surface area contributed by atoms with Crippen LogP contribution in [0.4, 0.5) is 5.82 Å². The van der Waals surface area contributed by atoms with Crippen LogP contribution in [-0.4, -0.2) is 19.2 Å². The van der Waals surface area contributed by atoms with Gasteiger partial charge < -0.3 is 0 Å². The first kappa shape index (κ1) is 10.5. The molecule has 1 N–H and O–H groups in total. The van der Waals surface area contributed by atoms with Gasteiger partial charge in [-0.15, -0.1) is 0 Å². The molecule has 1 aromatic rings. The van der Waals surface area contributed by atoms with E-state index < -0.39 is 15.8 Å². The summed E-state index contributed by atoms with van der Waals surface area (Å²) < 4.78 is 24.6. The normalized spacial score (nSPS) is 10.6. The molecule has 1 aromatic heterocycles. The topological polar surface area (TPSA) is 82.8 Å². The summed E-state index contributed by atoms with van der Waals surface area (Å²) in [5, 5.41) is 8.26. The summed E-state index contributed by atoms with van der Waals surface area (Å²) in [6, 6.07) is 5.01. The molecule has 0 aliphatic rings. The lowest BCUT2D eigenvalue weighted by Gasteiger charge is -2.05. The molecule has 0 unspecified atom stereocenters. The Bertz CT molecular complexity index is 462. The standard InChI is InChI=1S/C8H9N3O2S/c1-7-3-2-5-10-8(7)11-14(12,13)6-4-9/h2-3,5H,6H2,1H3,(H,10,11). The number of nitrogens with zero attached hydrogens (tertiary/aromatic N) is 2. The molecule has 0 aliphatic heterocycles. The summed E-state index contributed by atoms with van der Waals surface area (Å²) in [5.41, 5.74) is 0.717. The molecule has 0 bridgehead atoms. The van der Waals surface area contributed by atoms with Crippen molar-refractivity contribution >= 4 is 15.8 Å². The van der Waals surface area contributed by atoms with Gasteiger partial charge >= 0.3 is 0 Å².